The fraction of sp³-hybridized carbons (Fsp3) is 0.500. The molecule has 0 unspecified atom stereocenters. The van der Waals surface area contributed by atoms with Crippen molar-refractivity contribution in [2.75, 3.05) is 6.54 Å². The second-order valence-corrected chi connectivity index (χ2v) is 3.10. The van der Waals surface area contributed by atoms with Crippen LogP contribution in [0.15, 0.2) is 9.68 Å². The molecule has 8 heteroatoms. The Morgan fingerprint density at radius 3 is 3.00 bits per heavy atom. The van der Waals surface area contributed by atoms with Gasteiger partial charge in [-0.05, 0) is 0 Å². The molecular formula is C8H13N5O3. The van der Waals surface area contributed by atoms with E-state index in [4.69, 9.17) is 15.5 Å². The van der Waals surface area contributed by atoms with E-state index in [1.165, 1.54) is 0 Å². The summed E-state index contributed by atoms with van der Waals surface area (Å²) in [6.07, 6.45) is 0.334. The SMILES string of the molecule is Cc1nc(CCNC(=O)CC(N)=NO)no1. The van der Waals surface area contributed by atoms with Gasteiger partial charge in [-0.25, -0.2) is 0 Å². The van der Waals surface area contributed by atoms with Gasteiger partial charge in [0.15, 0.2) is 5.82 Å². The van der Waals surface area contributed by atoms with E-state index < -0.39 is 0 Å². The Morgan fingerprint density at radius 2 is 2.44 bits per heavy atom. The van der Waals surface area contributed by atoms with Gasteiger partial charge < -0.3 is 20.8 Å². The third-order valence-electron chi connectivity index (χ3n) is 1.71. The summed E-state index contributed by atoms with van der Waals surface area (Å²) in [5, 5.41) is 17.2. The van der Waals surface area contributed by atoms with Gasteiger partial charge in [-0.2, -0.15) is 4.98 Å². The summed E-state index contributed by atoms with van der Waals surface area (Å²) in [7, 11) is 0. The zero-order valence-corrected chi connectivity index (χ0v) is 8.80. The number of amidine groups is 1. The number of oxime groups is 1. The fourth-order valence-electron chi connectivity index (χ4n) is 1.02. The molecular weight excluding hydrogens is 214 g/mol. The highest BCUT2D eigenvalue weighted by Crippen LogP contribution is 1.94. The van der Waals surface area contributed by atoms with Crippen LogP contribution in [-0.2, 0) is 11.2 Å². The zero-order chi connectivity index (χ0) is 12.0. The molecule has 0 aliphatic heterocycles. The summed E-state index contributed by atoms with van der Waals surface area (Å²) in [4.78, 5) is 15.1. The second-order valence-electron chi connectivity index (χ2n) is 3.10. The van der Waals surface area contributed by atoms with Gasteiger partial charge in [0, 0.05) is 19.9 Å². The van der Waals surface area contributed by atoms with Gasteiger partial charge >= 0.3 is 0 Å². The first-order valence-corrected chi connectivity index (χ1v) is 4.64. The highest BCUT2D eigenvalue weighted by molar-refractivity contribution is 5.98. The molecule has 0 saturated carbocycles. The van der Waals surface area contributed by atoms with Crippen LogP contribution in [0.25, 0.3) is 0 Å². The van der Waals surface area contributed by atoms with Crippen LogP contribution in [0.5, 0.6) is 0 Å². The standard InChI is InChI=1S/C8H13N5O3/c1-5-11-7(13-16-5)2-3-10-8(14)4-6(9)12-15/h15H,2-4H2,1H3,(H2,9,12)(H,10,14). The number of aromatic nitrogens is 2. The molecule has 1 rings (SSSR count). The van der Waals surface area contributed by atoms with E-state index in [1.54, 1.807) is 6.92 Å². The van der Waals surface area contributed by atoms with Crippen LogP contribution in [0.1, 0.15) is 18.1 Å². The predicted octanol–water partition coefficient (Wildman–Crippen LogP) is -0.827. The Hall–Kier alpha value is -2.12. The van der Waals surface area contributed by atoms with Crippen molar-refractivity contribution in [1.82, 2.24) is 15.5 Å². The van der Waals surface area contributed by atoms with Gasteiger partial charge in [0.25, 0.3) is 0 Å². The number of rotatable bonds is 5. The normalized spacial score (nSPS) is 11.4. The minimum atomic E-state index is -0.324. The van der Waals surface area contributed by atoms with E-state index >= 15 is 0 Å². The monoisotopic (exact) mass is 227 g/mol. The van der Waals surface area contributed by atoms with Gasteiger partial charge in [-0.3, -0.25) is 4.79 Å². The molecule has 0 fully saturated rings. The van der Waals surface area contributed by atoms with Gasteiger partial charge in [0.05, 0.1) is 6.42 Å². The van der Waals surface area contributed by atoms with Crippen molar-refractivity contribution in [2.45, 2.75) is 19.8 Å². The number of carbonyl (C=O) groups excluding carboxylic acids is 1. The summed E-state index contributed by atoms with van der Waals surface area (Å²) >= 11 is 0. The maximum atomic E-state index is 11.2. The van der Waals surface area contributed by atoms with E-state index in [9.17, 15) is 4.79 Å². The van der Waals surface area contributed by atoms with Crippen molar-refractivity contribution in [3.63, 3.8) is 0 Å². The molecule has 0 saturated heterocycles. The number of nitrogens with one attached hydrogen (secondary N) is 1. The lowest BCUT2D eigenvalue weighted by atomic mass is 10.3. The van der Waals surface area contributed by atoms with Crippen LogP contribution in [-0.4, -0.2) is 33.6 Å². The third kappa shape index (κ3) is 3.95. The second kappa shape index (κ2) is 5.69. The number of aryl methyl sites for hydroxylation is 1. The van der Waals surface area contributed by atoms with E-state index in [0.717, 1.165) is 0 Å². The highest BCUT2D eigenvalue weighted by atomic mass is 16.5. The van der Waals surface area contributed by atoms with Gasteiger partial charge in [-0.15, -0.1) is 0 Å². The zero-order valence-electron chi connectivity index (χ0n) is 8.80. The first-order chi connectivity index (χ1) is 7.61. The Morgan fingerprint density at radius 1 is 1.69 bits per heavy atom. The van der Waals surface area contributed by atoms with Crippen LogP contribution in [0.4, 0.5) is 0 Å². The number of nitrogens with zero attached hydrogens (tertiary/aromatic N) is 3. The minimum absolute atomic E-state index is 0.132. The van der Waals surface area contributed by atoms with Crippen LogP contribution < -0.4 is 11.1 Å². The smallest absolute Gasteiger partial charge is 0.227 e. The maximum absolute atomic E-state index is 11.2. The molecule has 16 heavy (non-hydrogen) atoms. The summed E-state index contributed by atoms with van der Waals surface area (Å²) in [5.41, 5.74) is 5.16. The Kier molecular flexibility index (Phi) is 4.25. The molecule has 1 aromatic heterocycles. The molecule has 1 aromatic rings. The van der Waals surface area contributed by atoms with E-state index in [1.807, 2.05) is 0 Å². The van der Waals surface area contributed by atoms with Crippen LogP contribution in [0.2, 0.25) is 0 Å². The Balaban J connectivity index is 2.23. The molecule has 1 amide bonds. The van der Waals surface area contributed by atoms with E-state index in [2.05, 4.69) is 20.6 Å². The first kappa shape index (κ1) is 12.0. The van der Waals surface area contributed by atoms with Crippen LogP contribution >= 0.6 is 0 Å². The third-order valence-corrected chi connectivity index (χ3v) is 1.71. The molecule has 0 aliphatic rings. The Bertz CT molecular complexity index is 387. The largest absolute Gasteiger partial charge is 0.409 e. The topological polar surface area (TPSA) is 127 Å². The van der Waals surface area contributed by atoms with Crippen molar-refractivity contribution in [1.29, 1.82) is 0 Å². The highest BCUT2D eigenvalue weighted by Gasteiger charge is 2.06. The van der Waals surface area contributed by atoms with Crippen molar-refractivity contribution in [3.05, 3.63) is 11.7 Å². The lowest BCUT2D eigenvalue weighted by Gasteiger charge is -2.01. The van der Waals surface area contributed by atoms with Gasteiger partial charge in [0.2, 0.25) is 11.8 Å². The van der Waals surface area contributed by atoms with E-state index in [-0.39, 0.29) is 18.2 Å². The molecule has 0 radical (unpaired) electrons. The average molecular weight is 227 g/mol. The van der Waals surface area contributed by atoms with Crippen molar-refractivity contribution in [2.24, 2.45) is 10.9 Å². The van der Waals surface area contributed by atoms with Crippen LogP contribution in [0.3, 0.4) is 0 Å². The fourth-order valence-corrected chi connectivity index (χ4v) is 1.02. The predicted molar refractivity (Wildman–Crippen MR) is 53.8 cm³/mol. The van der Waals surface area contributed by atoms with E-state index in [0.29, 0.717) is 24.7 Å². The van der Waals surface area contributed by atoms with Crippen LogP contribution in [0, 0.1) is 6.92 Å². The molecule has 4 N–H and O–H groups in total. The van der Waals surface area contributed by atoms with Crippen molar-refractivity contribution < 1.29 is 14.5 Å². The number of carbonyl (C=O) groups is 1. The molecule has 8 nitrogen and oxygen atoms in total. The summed E-state index contributed by atoms with van der Waals surface area (Å²) < 4.78 is 4.76. The average Bonchev–Trinajstić information content (AvgIpc) is 2.64. The molecule has 0 bridgehead atoms. The number of hydrogen-bond acceptors (Lipinski definition) is 6. The molecule has 88 valence electrons. The summed E-state index contributed by atoms with van der Waals surface area (Å²) in [6.45, 7) is 2.06. The minimum Gasteiger partial charge on any atom is -0.409 e. The first-order valence-electron chi connectivity index (χ1n) is 4.64. The molecule has 0 spiro atoms. The van der Waals surface area contributed by atoms with Gasteiger partial charge in [-0.1, -0.05) is 10.3 Å². The number of nitrogens with two attached hydrogens (primary N) is 1. The molecule has 0 aliphatic carbocycles. The lowest BCUT2D eigenvalue weighted by Crippen LogP contribution is -2.30. The quantitative estimate of drug-likeness (QED) is 0.261. The summed E-state index contributed by atoms with van der Waals surface area (Å²) in [5.74, 6) is 0.558. The van der Waals surface area contributed by atoms with Gasteiger partial charge in [0.1, 0.15) is 5.84 Å². The van der Waals surface area contributed by atoms with Crippen molar-refractivity contribution >= 4 is 11.7 Å². The maximum Gasteiger partial charge on any atom is 0.227 e. The number of amides is 1. The molecule has 0 atom stereocenters. The molecule has 1 heterocycles. The molecule has 0 aromatic carbocycles. The Labute approximate surface area is 91.5 Å². The number of hydrogen-bond donors (Lipinski definition) is 3. The van der Waals surface area contributed by atoms with Crippen molar-refractivity contribution in [3.8, 4) is 0 Å². The summed E-state index contributed by atoms with van der Waals surface area (Å²) in [6, 6.07) is 0. The lowest BCUT2D eigenvalue weighted by molar-refractivity contribution is -0.119.